The van der Waals surface area contributed by atoms with E-state index in [4.69, 9.17) is 23.2 Å². The van der Waals surface area contributed by atoms with Crippen LogP contribution in [0.15, 0.2) is 42.5 Å². The van der Waals surface area contributed by atoms with Crippen LogP contribution in [-0.4, -0.2) is 16.1 Å². The SMILES string of the molecule is Cc1ccccc1-c1nnc(NC(=O)c2cc(Cl)ccc2Cl)s1. The van der Waals surface area contributed by atoms with Crippen molar-refractivity contribution in [2.75, 3.05) is 5.32 Å². The largest absolute Gasteiger partial charge is 0.296 e. The molecular weight excluding hydrogens is 353 g/mol. The highest BCUT2D eigenvalue weighted by Crippen LogP contribution is 2.29. The van der Waals surface area contributed by atoms with Gasteiger partial charge in [-0.25, -0.2) is 0 Å². The van der Waals surface area contributed by atoms with Gasteiger partial charge in [0.1, 0.15) is 5.01 Å². The molecule has 7 heteroatoms. The molecule has 1 aromatic heterocycles. The summed E-state index contributed by atoms with van der Waals surface area (Å²) >= 11 is 13.2. The van der Waals surface area contributed by atoms with Crippen LogP contribution < -0.4 is 5.32 Å². The summed E-state index contributed by atoms with van der Waals surface area (Å²) in [5.41, 5.74) is 2.39. The standard InChI is InChI=1S/C16H11Cl2N3OS/c1-9-4-2-3-5-11(9)15-20-21-16(23-15)19-14(22)12-8-10(17)6-7-13(12)18/h2-8H,1H3,(H,19,21,22). The van der Waals surface area contributed by atoms with Crippen molar-refractivity contribution < 1.29 is 4.79 Å². The third-order valence-corrected chi connectivity index (χ3v) is 4.63. The minimum atomic E-state index is -0.370. The minimum Gasteiger partial charge on any atom is -0.296 e. The van der Waals surface area contributed by atoms with Crippen molar-refractivity contribution in [2.24, 2.45) is 0 Å². The molecule has 4 nitrogen and oxygen atoms in total. The number of aromatic nitrogens is 2. The van der Waals surface area contributed by atoms with E-state index < -0.39 is 0 Å². The molecule has 0 unspecified atom stereocenters. The molecule has 0 aliphatic carbocycles. The molecule has 1 amide bonds. The number of nitrogens with one attached hydrogen (secondary N) is 1. The number of amides is 1. The van der Waals surface area contributed by atoms with Crippen molar-refractivity contribution in [2.45, 2.75) is 6.92 Å². The van der Waals surface area contributed by atoms with E-state index in [9.17, 15) is 4.79 Å². The summed E-state index contributed by atoms with van der Waals surface area (Å²) in [4.78, 5) is 12.3. The second-order valence-corrected chi connectivity index (χ2v) is 6.63. The lowest BCUT2D eigenvalue weighted by atomic mass is 10.1. The Morgan fingerprint density at radius 3 is 2.70 bits per heavy atom. The molecular formula is C16H11Cl2N3OS. The Balaban J connectivity index is 1.83. The molecule has 0 fully saturated rings. The first kappa shape index (κ1) is 15.9. The Labute approximate surface area is 147 Å². The fraction of sp³-hybridized carbons (Fsp3) is 0.0625. The van der Waals surface area contributed by atoms with Gasteiger partial charge in [0, 0.05) is 10.6 Å². The van der Waals surface area contributed by atoms with Gasteiger partial charge < -0.3 is 0 Å². The van der Waals surface area contributed by atoms with Crippen LogP contribution in [0, 0.1) is 6.92 Å². The van der Waals surface area contributed by atoms with E-state index >= 15 is 0 Å². The lowest BCUT2D eigenvalue weighted by molar-refractivity contribution is 0.102. The van der Waals surface area contributed by atoms with E-state index in [1.165, 1.54) is 17.4 Å². The van der Waals surface area contributed by atoms with E-state index in [0.29, 0.717) is 20.7 Å². The quantitative estimate of drug-likeness (QED) is 0.706. The smallest absolute Gasteiger partial charge is 0.259 e. The van der Waals surface area contributed by atoms with Gasteiger partial charge in [0.15, 0.2) is 0 Å². The monoisotopic (exact) mass is 363 g/mol. The molecule has 0 saturated carbocycles. The van der Waals surface area contributed by atoms with Crippen molar-refractivity contribution in [1.29, 1.82) is 0 Å². The van der Waals surface area contributed by atoms with Crippen molar-refractivity contribution in [3.63, 3.8) is 0 Å². The van der Waals surface area contributed by atoms with Crippen LogP contribution in [0.25, 0.3) is 10.6 Å². The van der Waals surface area contributed by atoms with Crippen LogP contribution in [-0.2, 0) is 0 Å². The number of rotatable bonds is 3. The summed E-state index contributed by atoms with van der Waals surface area (Å²) < 4.78 is 0. The number of aryl methyl sites for hydroxylation is 1. The van der Waals surface area contributed by atoms with Crippen molar-refractivity contribution in [3.05, 3.63) is 63.6 Å². The van der Waals surface area contributed by atoms with Crippen LogP contribution >= 0.6 is 34.5 Å². The van der Waals surface area contributed by atoms with Gasteiger partial charge in [-0.05, 0) is 30.7 Å². The number of benzene rings is 2. The Morgan fingerprint density at radius 1 is 1.13 bits per heavy atom. The molecule has 0 radical (unpaired) electrons. The third kappa shape index (κ3) is 3.52. The van der Waals surface area contributed by atoms with E-state index in [0.717, 1.165) is 16.1 Å². The van der Waals surface area contributed by atoms with E-state index in [1.54, 1.807) is 12.1 Å². The van der Waals surface area contributed by atoms with Gasteiger partial charge in [-0.2, -0.15) is 0 Å². The first-order valence-electron chi connectivity index (χ1n) is 6.70. The molecule has 1 N–H and O–H groups in total. The van der Waals surface area contributed by atoms with Crippen molar-refractivity contribution in [1.82, 2.24) is 10.2 Å². The van der Waals surface area contributed by atoms with Gasteiger partial charge in [-0.15, -0.1) is 10.2 Å². The lowest BCUT2D eigenvalue weighted by Crippen LogP contribution is -2.12. The van der Waals surface area contributed by atoms with Gasteiger partial charge in [0.2, 0.25) is 5.13 Å². The fourth-order valence-electron chi connectivity index (χ4n) is 2.03. The average Bonchev–Trinajstić information content (AvgIpc) is 2.98. The Morgan fingerprint density at radius 2 is 1.91 bits per heavy atom. The number of carbonyl (C=O) groups is 1. The summed E-state index contributed by atoms with van der Waals surface area (Å²) in [5, 5.41) is 12.8. The third-order valence-electron chi connectivity index (χ3n) is 3.19. The molecule has 0 aliphatic rings. The lowest BCUT2D eigenvalue weighted by Gasteiger charge is -2.04. The summed E-state index contributed by atoms with van der Waals surface area (Å²) in [6.45, 7) is 2.00. The highest BCUT2D eigenvalue weighted by Gasteiger charge is 2.15. The van der Waals surface area contributed by atoms with Crippen LogP contribution in [0.3, 0.4) is 0 Å². The molecule has 0 saturated heterocycles. The highest BCUT2D eigenvalue weighted by atomic mass is 35.5. The van der Waals surface area contributed by atoms with Crippen molar-refractivity contribution >= 4 is 45.6 Å². The van der Waals surface area contributed by atoms with Crippen LogP contribution in [0.2, 0.25) is 10.0 Å². The van der Waals surface area contributed by atoms with E-state index in [1.807, 2.05) is 31.2 Å². The maximum absolute atomic E-state index is 12.3. The maximum atomic E-state index is 12.3. The molecule has 3 rings (SSSR count). The molecule has 0 spiro atoms. The summed E-state index contributed by atoms with van der Waals surface area (Å²) in [5.74, 6) is -0.370. The second kappa shape index (κ2) is 6.66. The van der Waals surface area contributed by atoms with Crippen LogP contribution in [0.1, 0.15) is 15.9 Å². The normalized spacial score (nSPS) is 10.6. The van der Waals surface area contributed by atoms with Crippen LogP contribution in [0.5, 0.6) is 0 Å². The topological polar surface area (TPSA) is 54.9 Å². The number of nitrogens with zero attached hydrogens (tertiary/aromatic N) is 2. The molecule has 0 atom stereocenters. The van der Waals surface area contributed by atoms with E-state index in [-0.39, 0.29) is 5.91 Å². The van der Waals surface area contributed by atoms with Gasteiger partial charge in [-0.1, -0.05) is 58.8 Å². The van der Waals surface area contributed by atoms with Crippen LogP contribution in [0.4, 0.5) is 5.13 Å². The molecule has 116 valence electrons. The second-order valence-electron chi connectivity index (χ2n) is 4.81. The number of hydrogen-bond acceptors (Lipinski definition) is 4. The predicted octanol–water partition coefficient (Wildman–Crippen LogP) is 5.07. The summed E-state index contributed by atoms with van der Waals surface area (Å²) in [7, 11) is 0. The summed E-state index contributed by atoms with van der Waals surface area (Å²) in [6, 6.07) is 12.6. The zero-order valence-electron chi connectivity index (χ0n) is 12.0. The predicted molar refractivity (Wildman–Crippen MR) is 94.5 cm³/mol. The highest BCUT2D eigenvalue weighted by molar-refractivity contribution is 7.18. The summed E-state index contributed by atoms with van der Waals surface area (Å²) in [6.07, 6.45) is 0. The molecule has 1 heterocycles. The number of halogens is 2. The van der Waals surface area contributed by atoms with Gasteiger partial charge >= 0.3 is 0 Å². The van der Waals surface area contributed by atoms with Gasteiger partial charge in [0.05, 0.1) is 10.6 Å². The Bertz CT molecular complexity index is 879. The molecule has 2 aromatic carbocycles. The fourth-order valence-corrected chi connectivity index (χ4v) is 3.24. The number of carbonyl (C=O) groups excluding carboxylic acids is 1. The van der Waals surface area contributed by atoms with Crippen molar-refractivity contribution in [3.8, 4) is 10.6 Å². The maximum Gasteiger partial charge on any atom is 0.259 e. The zero-order chi connectivity index (χ0) is 16.4. The van der Waals surface area contributed by atoms with Gasteiger partial charge in [-0.3, -0.25) is 10.1 Å². The number of hydrogen-bond donors (Lipinski definition) is 1. The first-order chi connectivity index (χ1) is 11.0. The Kier molecular flexibility index (Phi) is 4.61. The molecule has 0 bridgehead atoms. The van der Waals surface area contributed by atoms with E-state index in [2.05, 4.69) is 15.5 Å². The molecule has 23 heavy (non-hydrogen) atoms. The number of anilines is 1. The average molecular weight is 364 g/mol. The molecule has 3 aromatic rings. The molecule has 0 aliphatic heterocycles. The van der Waals surface area contributed by atoms with Gasteiger partial charge in [0.25, 0.3) is 5.91 Å². The first-order valence-corrected chi connectivity index (χ1v) is 8.28. The zero-order valence-corrected chi connectivity index (χ0v) is 14.3. The minimum absolute atomic E-state index is 0.298. The Hall–Kier alpha value is -1.95.